The van der Waals surface area contributed by atoms with Crippen molar-refractivity contribution in [3.05, 3.63) is 91.9 Å². The number of para-hydroxylation sites is 1. The highest BCUT2D eigenvalue weighted by molar-refractivity contribution is 6.39. The molecule has 1 aliphatic heterocycles. The van der Waals surface area contributed by atoms with E-state index in [1.54, 1.807) is 62.4 Å². The number of anilines is 1. The maximum absolute atomic E-state index is 13.2. The molecule has 1 N–H and O–H groups in total. The molecule has 1 heterocycles. The molecule has 0 spiro atoms. The molecule has 0 bridgehead atoms. The highest BCUT2D eigenvalue weighted by Crippen LogP contribution is 2.38. The van der Waals surface area contributed by atoms with Crippen LogP contribution in [0.15, 0.2) is 60.2 Å². The Morgan fingerprint density at radius 3 is 2.41 bits per heavy atom. The summed E-state index contributed by atoms with van der Waals surface area (Å²) in [5.74, 6) is -0.989. The van der Waals surface area contributed by atoms with Crippen molar-refractivity contribution in [2.24, 2.45) is 0 Å². The first-order valence-electron chi connectivity index (χ1n) is 11.2. The normalized spacial score (nSPS) is 14.7. The smallest absolute Gasteiger partial charge is 0.335 e. The lowest BCUT2D eigenvalue weighted by Crippen LogP contribution is -2.54. The SMILES string of the molecule is CCOc1cc(/C=C2\C(=O)NC(=O)N(c3ccccc3C)C2=O)cc(Cl)c1OCc1ccc(Cl)cc1Cl. The van der Waals surface area contributed by atoms with Gasteiger partial charge in [0.1, 0.15) is 12.2 Å². The maximum atomic E-state index is 13.2. The minimum atomic E-state index is -0.820. The van der Waals surface area contributed by atoms with Crippen LogP contribution in [-0.4, -0.2) is 24.5 Å². The van der Waals surface area contributed by atoms with Gasteiger partial charge in [-0.2, -0.15) is 0 Å². The minimum absolute atomic E-state index is 0.102. The van der Waals surface area contributed by atoms with Crippen LogP contribution in [-0.2, 0) is 16.2 Å². The number of ether oxygens (including phenoxy) is 2. The molecule has 4 amide bonds. The topological polar surface area (TPSA) is 84.9 Å². The van der Waals surface area contributed by atoms with Gasteiger partial charge in [0.15, 0.2) is 11.5 Å². The van der Waals surface area contributed by atoms with Crippen molar-refractivity contribution in [2.75, 3.05) is 11.5 Å². The number of hydrogen-bond donors (Lipinski definition) is 1. The first kappa shape index (κ1) is 26.5. The second-order valence-corrected chi connectivity index (χ2v) is 9.28. The van der Waals surface area contributed by atoms with E-state index in [-0.39, 0.29) is 23.0 Å². The van der Waals surface area contributed by atoms with Crippen molar-refractivity contribution in [2.45, 2.75) is 20.5 Å². The zero-order valence-electron chi connectivity index (χ0n) is 19.8. The molecule has 1 aliphatic rings. The molecule has 3 aromatic carbocycles. The van der Waals surface area contributed by atoms with E-state index in [0.29, 0.717) is 44.8 Å². The second-order valence-electron chi connectivity index (χ2n) is 8.03. The van der Waals surface area contributed by atoms with Gasteiger partial charge >= 0.3 is 6.03 Å². The number of imide groups is 2. The molecule has 190 valence electrons. The van der Waals surface area contributed by atoms with Crippen molar-refractivity contribution in [1.82, 2.24) is 5.32 Å². The van der Waals surface area contributed by atoms with E-state index in [1.807, 2.05) is 0 Å². The molecule has 3 aromatic rings. The van der Waals surface area contributed by atoms with Gasteiger partial charge in [-0.25, -0.2) is 9.69 Å². The number of hydrogen-bond acceptors (Lipinski definition) is 5. The Hall–Kier alpha value is -3.52. The Kier molecular flexibility index (Phi) is 8.07. The molecule has 10 heteroatoms. The van der Waals surface area contributed by atoms with E-state index < -0.39 is 17.8 Å². The summed E-state index contributed by atoms with van der Waals surface area (Å²) in [6.07, 6.45) is 1.35. The molecule has 37 heavy (non-hydrogen) atoms. The molecule has 0 radical (unpaired) electrons. The lowest BCUT2D eigenvalue weighted by Gasteiger charge is -2.27. The van der Waals surface area contributed by atoms with Crippen LogP contribution in [0.3, 0.4) is 0 Å². The lowest BCUT2D eigenvalue weighted by molar-refractivity contribution is -0.122. The third-order valence-electron chi connectivity index (χ3n) is 5.49. The molecular formula is C27H21Cl3N2O5. The van der Waals surface area contributed by atoms with Crippen LogP contribution in [0, 0.1) is 6.92 Å². The number of barbiturate groups is 1. The Labute approximate surface area is 228 Å². The number of benzene rings is 3. The van der Waals surface area contributed by atoms with Gasteiger partial charge in [-0.05, 0) is 61.4 Å². The third-order valence-corrected chi connectivity index (χ3v) is 6.36. The summed E-state index contributed by atoms with van der Waals surface area (Å²) in [6, 6.07) is 14.2. The third kappa shape index (κ3) is 5.74. The van der Waals surface area contributed by atoms with Crippen molar-refractivity contribution >= 4 is 64.4 Å². The van der Waals surface area contributed by atoms with Crippen LogP contribution in [0.1, 0.15) is 23.6 Å². The molecule has 1 fully saturated rings. The van der Waals surface area contributed by atoms with E-state index in [0.717, 1.165) is 4.90 Å². The number of aryl methyl sites for hydroxylation is 1. The van der Waals surface area contributed by atoms with Crippen molar-refractivity contribution in [3.63, 3.8) is 0 Å². The van der Waals surface area contributed by atoms with Crippen LogP contribution in [0.25, 0.3) is 6.08 Å². The van der Waals surface area contributed by atoms with Gasteiger partial charge in [0.2, 0.25) is 0 Å². The van der Waals surface area contributed by atoms with E-state index in [1.165, 1.54) is 12.1 Å². The van der Waals surface area contributed by atoms with Gasteiger partial charge in [0, 0.05) is 15.6 Å². The van der Waals surface area contributed by atoms with Gasteiger partial charge in [0.25, 0.3) is 11.8 Å². The number of halogens is 3. The Bertz CT molecular complexity index is 1440. The summed E-state index contributed by atoms with van der Waals surface area (Å²) in [5.41, 5.74) is 1.94. The van der Waals surface area contributed by atoms with Crippen LogP contribution in [0.5, 0.6) is 11.5 Å². The van der Waals surface area contributed by atoms with Crippen LogP contribution in [0.2, 0.25) is 15.1 Å². The molecule has 1 saturated heterocycles. The highest BCUT2D eigenvalue weighted by atomic mass is 35.5. The zero-order chi connectivity index (χ0) is 26.7. The van der Waals surface area contributed by atoms with Gasteiger partial charge in [0.05, 0.1) is 17.3 Å². The van der Waals surface area contributed by atoms with Crippen molar-refractivity contribution in [1.29, 1.82) is 0 Å². The Balaban J connectivity index is 1.67. The summed E-state index contributed by atoms with van der Waals surface area (Å²) in [5, 5.41) is 3.36. The fourth-order valence-electron chi connectivity index (χ4n) is 3.72. The number of amides is 4. The van der Waals surface area contributed by atoms with Gasteiger partial charge in [-0.1, -0.05) is 59.1 Å². The number of rotatable bonds is 7. The first-order chi connectivity index (χ1) is 17.7. The average molecular weight is 560 g/mol. The van der Waals surface area contributed by atoms with Crippen LogP contribution in [0.4, 0.5) is 10.5 Å². The summed E-state index contributed by atoms with van der Waals surface area (Å²) in [6.45, 7) is 3.97. The lowest BCUT2D eigenvalue weighted by atomic mass is 10.1. The second kappa shape index (κ2) is 11.3. The summed E-state index contributed by atoms with van der Waals surface area (Å²) < 4.78 is 11.6. The predicted octanol–water partition coefficient (Wildman–Crippen LogP) is 6.60. The van der Waals surface area contributed by atoms with Crippen molar-refractivity contribution < 1.29 is 23.9 Å². The zero-order valence-corrected chi connectivity index (χ0v) is 22.1. The van der Waals surface area contributed by atoms with Crippen LogP contribution < -0.4 is 19.7 Å². The average Bonchev–Trinajstić information content (AvgIpc) is 2.83. The van der Waals surface area contributed by atoms with E-state index in [4.69, 9.17) is 44.3 Å². The van der Waals surface area contributed by atoms with Crippen LogP contribution >= 0.6 is 34.8 Å². The Morgan fingerprint density at radius 2 is 1.70 bits per heavy atom. The molecule has 0 atom stereocenters. The number of carbonyl (C=O) groups excluding carboxylic acids is 3. The number of nitrogens with zero attached hydrogens (tertiary/aromatic N) is 1. The molecule has 4 rings (SSSR count). The van der Waals surface area contributed by atoms with Gasteiger partial charge in [-0.15, -0.1) is 0 Å². The fraction of sp³-hybridized carbons (Fsp3) is 0.148. The predicted molar refractivity (Wildman–Crippen MR) is 144 cm³/mol. The fourth-order valence-corrected chi connectivity index (χ4v) is 4.46. The molecule has 0 unspecified atom stereocenters. The summed E-state index contributed by atoms with van der Waals surface area (Å²) in [4.78, 5) is 39.3. The van der Waals surface area contributed by atoms with Gasteiger partial charge in [-0.3, -0.25) is 14.9 Å². The molecule has 7 nitrogen and oxygen atoms in total. The monoisotopic (exact) mass is 558 g/mol. The number of nitrogens with one attached hydrogen (secondary N) is 1. The van der Waals surface area contributed by atoms with Crippen molar-refractivity contribution in [3.8, 4) is 11.5 Å². The number of carbonyl (C=O) groups is 3. The minimum Gasteiger partial charge on any atom is -0.490 e. The standard InChI is InChI=1S/C27H21Cl3N2O5/c1-3-36-23-12-16(11-21(30)24(23)37-14-17-8-9-18(28)13-20(17)29)10-19-25(33)31-27(35)32(26(19)34)22-7-5-4-6-15(22)2/h4-13H,3,14H2,1-2H3,(H,31,33,35)/b19-10+. The maximum Gasteiger partial charge on any atom is 0.335 e. The quantitative estimate of drug-likeness (QED) is 0.260. The molecule has 0 aromatic heterocycles. The Morgan fingerprint density at radius 1 is 0.946 bits per heavy atom. The first-order valence-corrected chi connectivity index (χ1v) is 12.3. The van der Waals surface area contributed by atoms with E-state index >= 15 is 0 Å². The molecule has 0 saturated carbocycles. The largest absolute Gasteiger partial charge is 0.490 e. The summed E-state index contributed by atoms with van der Waals surface area (Å²) in [7, 11) is 0. The highest BCUT2D eigenvalue weighted by Gasteiger charge is 2.37. The van der Waals surface area contributed by atoms with Gasteiger partial charge < -0.3 is 9.47 Å². The number of urea groups is 1. The van der Waals surface area contributed by atoms with E-state index in [2.05, 4.69) is 5.32 Å². The van der Waals surface area contributed by atoms with E-state index in [9.17, 15) is 14.4 Å². The molecule has 0 aliphatic carbocycles. The summed E-state index contributed by atoms with van der Waals surface area (Å²) >= 11 is 18.7. The molecular weight excluding hydrogens is 539 g/mol.